The van der Waals surface area contributed by atoms with E-state index >= 15 is 0 Å². The lowest BCUT2D eigenvalue weighted by atomic mass is 9.93. The molecule has 0 aromatic heterocycles. The summed E-state index contributed by atoms with van der Waals surface area (Å²) in [6.07, 6.45) is 4.31. The third kappa shape index (κ3) is 2.77. The summed E-state index contributed by atoms with van der Waals surface area (Å²) in [5.41, 5.74) is 2.38. The van der Waals surface area contributed by atoms with Crippen molar-refractivity contribution in [2.75, 3.05) is 20.8 Å². The number of nitrogens with zero attached hydrogens (tertiary/aromatic N) is 1. The summed E-state index contributed by atoms with van der Waals surface area (Å²) in [7, 11) is 3.28. The fourth-order valence-corrected chi connectivity index (χ4v) is 2.88. The largest absolute Gasteiger partial charge is 0.493 e. The molecule has 1 saturated carbocycles. The second kappa shape index (κ2) is 5.84. The van der Waals surface area contributed by atoms with Gasteiger partial charge in [-0.25, -0.2) is 4.79 Å². The summed E-state index contributed by atoms with van der Waals surface area (Å²) in [4.78, 5) is 14.1. The van der Waals surface area contributed by atoms with Crippen LogP contribution in [0.3, 0.4) is 0 Å². The standard InChI is InChI=1S/C16H22N2O3/c1-20-14-8-11-6-7-18(10-12(11)9-15(14)21-2)16(19)17-13-4-3-5-13/h8-9,13H,3-7,10H2,1-2H3,(H,17,19). The number of carbonyl (C=O) groups is 1. The highest BCUT2D eigenvalue weighted by Gasteiger charge is 2.26. The Hall–Kier alpha value is -1.91. The molecule has 21 heavy (non-hydrogen) atoms. The molecule has 1 aromatic carbocycles. The van der Waals surface area contributed by atoms with Crippen LogP contribution in [0.25, 0.3) is 0 Å². The molecule has 0 saturated heterocycles. The molecule has 5 nitrogen and oxygen atoms in total. The van der Waals surface area contributed by atoms with Gasteiger partial charge in [0.05, 0.1) is 14.2 Å². The second-order valence-electron chi connectivity index (χ2n) is 5.72. The number of carbonyl (C=O) groups excluding carboxylic acids is 1. The van der Waals surface area contributed by atoms with Gasteiger partial charge in [-0.3, -0.25) is 0 Å². The summed E-state index contributed by atoms with van der Waals surface area (Å²) in [5.74, 6) is 1.47. The Kier molecular flexibility index (Phi) is 3.90. The van der Waals surface area contributed by atoms with Gasteiger partial charge in [0.15, 0.2) is 11.5 Å². The van der Waals surface area contributed by atoms with Gasteiger partial charge in [-0.15, -0.1) is 0 Å². The van der Waals surface area contributed by atoms with Gasteiger partial charge in [0, 0.05) is 19.1 Å². The van der Waals surface area contributed by atoms with Crippen LogP contribution in [0.15, 0.2) is 12.1 Å². The maximum absolute atomic E-state index is 12.2. The Morgan fingerprint density at radius 2 is 1.86 bits per heavy atom. The van der Waals surface area contributed by atoms with Gasteiger partial charge >= 0.3 is 6.03 Å². The van der Waals surface area contributed by atoms with Crippen LogP contribution >= 0.6 is 0 Å². The van der Waals surface area contributed by atoms with E-state index in [-0.39, 0.29) is 6.03 Å². The molecule has 0 bridgehead atoms. The monoisotopic (exact) mass is 290 g/mol. The van der Waals surface area contributed by atoms with E-state index in [4.69, 9.17) is 9.47 Å². The van der Waals surface area contributed by atoms with Crippen molar-refractivity contribution >= 4 is 6.03 Å². The van der Waals surface area contributed by atoms with E-state index in [0.717, 1.165) is 42.9 Å². The number of benzene rings is 1. The van der Waals surface area contributed by atoms with Crippen LogP contribution in [0.2, 0.25) is 0 Å². The third-order valence-electron chi connectivity index (χ3n) is 4.44. The van der Waals surface area contributed by atoms with Crippen LogP contribution in [0.1, 0.15) is 30.4 Å². The number of fused-ring (bicyclic) bond motifs is 1. The van der Waals surface area contributed by atoms with Crippen molar-refractivity contribution in [1.82, 2.24) is 10.2 Å². The Morgan fingerprint density at radius 3 is 2.43 bits per heavy atom. The first-order valence-corrected chi connectivity index (χ1v) is 7.50. The normalized spacial score (nSPS) is 17.7. The maximum atomic E-state index is 12.2. The lowest BCUT2D eigenvalue weighted by Gasteiger charge is -2.33. The summed E-state index contributed by atoms with van der Waals surface area (Å²) in [6.45, 7) is 1.38. The predicted molar refractivity (Wildman–Crippen MR) is 79.8 cm³/mol. The maximum Gasteiger partial charge on any atom is 0.317 e. The molecule has 1 heterocycles. The Balaban J connectivity index is 1.73. The number of amides is 2. The number of nitrogens with one attached hydrogen (secondary N) is 1. The summed E-state index contributed by atoms with van der Waals surface area (Å²) >= 11 is 0. The van der Waals surface area contributed by atoms with Crippen molar-refractivity contribution in [3.63, 3.8) is 0 Å². The van der Waals surface area contributed by atoms with Crippen LogP contribution in [0.5, 0.6) is 11.5 Å². The number of hydrogen-bond donors (Lipinski definition) is 1. The lowest BCUT2D eigenvalue weighted by Crippen LogP contribution is -2.48. The first-order chi connectivity index (χ1) is 10.2. The van der Waals surface area contributed by atoms with Crippen molar-refractivity contribution in [3.8, 4) is 11.5 Å². The van der Waals surface area contributed by atoms with Crippen LogP contribution in [0.4, 0.5) is 4.79 Å². The molecule has 1 aromatic rings. The van der Waals surface area contributed by atoms with E-state index in [0.29, 0.717) is 12.6 Å². The predicted octanol–water partition coefficient (Wildman–Crippen LogP) is 2.32. The van der Waals surface area contributed by atoms with Crippen molar-refractivity contribution in [2.45, 2.75) is 38.3 Å². The molecule has 2 aliphatic rings. The summed E-state index contributed by atoms with van der Waals surface area (Å²) in [5, 5.41) is 3.10. The van der Waals surface area contributed by atoms with Gasteiger partial charge in [0.25, 0.3) is 0 Å². The molecular weight excluding hydrogens is 268 g/mol. The highest BCUT2D eigenvalue weighted by atomic mass is 16.5. The molecular formula is C16H22N2O3. The smallest absolute Gasteiger partial charge is 0.317 e. The molecule has 1 aliphatic heterocycles. The molecule has 5 heteroatoms. The number of rotatable bonds is 3. The van der Waals surface area contributed by atoms with E-state index < -0.39 is 0 Å². The number of methoxy groups -OCH3 is 2. The number of urea groups is 1. The average molecular weight is 290 g/mol. The van der Waals surface area contributed by atoms with E-state index in [1.165, 1.54) is 12.0 Å². The first kappa shape index (κ1) is 14.0. The third-order valence-corrected chi connectivity index (χ3v) is 4.44. The summed E-state index contributed by atoms with van der Waals surface area (Å²) < 4.78 is 10.7. The fraction of sp³-hybridized carbons (Fsp3) is 0.562. The molecule has 1 fully saturated rings. The lowest BCUT2D eigenvalue weighted by molar-refractivity contribution is 0.181. The Morgan fingerprint density at radius 1 is 1.19 bits per heavy atom. The van der Waals surface area contributed by atoms with Gasteiger partial charge < -0.3 is 19.7 Å². The molecule has 0 unspecified atom stereocenters. The van der Waals surface area contributed by atoms with Crippen molar-refractivity contribution in [3.05, 3.63) is 23.3 Å². The molecule has 1 aliphatic carbocycles. The van der Waals surface area contributed by atoms with Crippen LogP contribution < -0.4 is 14.8 Å². The molecule has 0 radical (unpaired) electrons. The second-order valence-corrected chi connectivity index (χ2v) is 5.72. The van der Waals surface area contributed by atoms with E-state index in [1.54, 1.807) is 14.2 Å². The van der Waals surface area contributed by atoms with Crippen LogP contribution in [0, 0.1) is 0 Å². The van der Waals surface area contributed by atoms with Gasteiger partial charge in [-0.05, 0) is 48.9 Å². The topological polar surface area (TPSA) is 50.8 Å². The van der Waals surface area contributed by atoms with E-state index in [9.17, 15) is 4.79 Å². The fourth-order valence-electron chi connectivity index (χ4n) is 2.88. The quantitative estimate of drug-likeness (QED) is 0.929. The van der Waals surface area contributed by atoms with Crippen molar-refractivity contribution < 1.29 is 14.3 Å². The minimum absolute atomic E-state index is 0.0557. The van der Waals surface area contributed by atoms with Crippen LogP contribution in [-0.4, -0.2) is 37.7 Å². The highest BCUT2D eigenvalue weighted by Crippen LogP contribution is 2.33. The molecule has 0 atom stereocenters. The zero-order valence-electron chi connectivity index (χ0n) is 12.6. The summed E-state index contributed by atoms with van der Waals surface area (Å²) in [6, 6.07) is 4.44. The van der Waals surface area contributed by atoms with Gasteiger partial charge in [0.2, 0.25) is 0 Å². The van der Waals surface area contributed by atoms with E-state index in [2.05, 4.69) is 5.32 Å². The number of ether oxygens (including phenoxy) is 2. The van der Waals surface area contributed by atoms with Crippen molar-refractivity contribution in [1.29, 1.82) is 0 Å². The Bertz CT molecular complexity index is 541. The Labute approximate surface area is 125 Å². The highest BCUT2D eigenvalue weighted by molar-refractivity contribution is 5.75. The zero-order chi connectivity index (χ0) is 14.8. The minimum Gasteiger partial charge on any atom is -0.493 e. The molecule has 1 N–H and O–H groups in total. The minimum atomic E-state index is 0.0557. The molecule has 3 rings (SSSR count). The average Bonchev–Trinajstić information content (AvgIpc) is 2.48. The van der Waals surface area contributed by atoms with Crippen molar-refractivity contribution in [2.24, 2.45) is 0 Å². The first-order valence-electron chi connectivity index (χ1n) is 7.50. The zero-order valence-corrected chi connectivity index (χ0v) is 12.6. The van der Waals surface area contributed by atoms with Gasteiger partial charge in [-0.2, -0.15) is 0 Å². The van der Waals surface area contributed by atoms with E-state index in [1.807, 2.05) is 17.0 Å². The molecule has 2 amide bonds. The molecule has 114 valence electrons. The van der Waals surface area contributed by atoms with Gasteiger partial charge in [0.1, 0.15) is 0 Å². The van der Waals surface area contributed by atoms with Crippen LogP contribution in [-0.2, 0) is 13.0 Å². The molecule has 0 spiro atoms. The number of hydrogen-bond acceptors (Lipinski definition) is 3. The van der Waals surface area contributed by atoms with Gasteiger partial charge in [-0.1, -0.05) is 0 Å². The SMILES string of the molecule is COc1cc2c(cc1OC)CN(C(=O)NC1CCC1)CC2.